The standard InChI is InChI=1S/C15H18BrN3O/c1-19-11-12(10-18-19)6-7-15(20)17-9-8-13-4-2-3-5-14(13)16/h2-5,10-11H,6-9H2,1H3,(H,17,20). The number of nitrogens with one attached hydrogen (secondary N) is 1. The van der Waals surface area contributed by atoms with Crippen LogP contribution in [-0.2, 0) is 24.7 Å². The summed E-state index contributed by atoms with van der Waals surface area (Å²) in [5.74, 6) is 0.0842. The van der Waals surface area contributed by atoms with Crippen LogP contribution in [0, 0.1) is 0 Å². The number of amides is 1. The second-order valence-corrected chi connectivity index (χ2v) is 5.57. The van der Waals surface area contributed by atoms with Gasteiger partial charge in [-0.15, -0.1) is 0 Å². The Hall–Kier alpha value is -1.62. The van der Waals surface area contributed by atoms with Crippen LogP contribution in [0.1, 0.15) is 17.5 Å². The van der Waals surface area contributed by atoms with Crippen LogP contribution in [0.25, 0.3) is 0 Å². The number of hydrogen-bond acceptors (Lipinski definition) is 2. The van der Waals surface area contributed by atoms with Gasteiger partial charge in [0.25, 0.3) is 0 Å². The summed E-state index contributed by atoms with van der Waals surface area (Å²) < 4.78 is 2.84. The molecule has 1 amide bonds. The maximum Gasteiger partial charge on any atom is 0.220 e. The summed E-state index contributed by atoms with van der Waals surface area (Å²) in [6.45, 7) is 0.661. The van der Waals surface area contributed by atoms with Gasteiger partial charge in [-0.3, -0.25) is 9.48 Å². The Morgan fingerprint density at radius 3 is 2.85 bits per heavy atom. The van der Waals surface area contributed by atoms with Crippen LogP contribution in [0.15, 0.2) is 41.1 Å². The summed E-state index contributed by atoms with van der Waals surface area (Å²) in [4.78, 5) is 11.7. The normalized spacial score (nSPS) is 10.5. The molecule has 0 spiro atoms. The highest BCUT2D eigenvalue weighted by atomic mass is 79.9. The number of hydrogen-bond donors (Lipinski definition) is 1. The van der Waals surface area contributed by atoms with Crippen LogP contribution in [0.5, 0.6) is 0 Å². The number of halogens is 1. The molecule has 0 aliphatic heterocycles. The predicted octanol–water partition coefficient (Wildman–Crippen LogP) is 2.47. The van der Waals surface area contributed by atoms with Gasteiger partial charge in [0.15, 0.2) is 0 Å². The Morgan fingerprint density at radius 2 is 2.15 bits per heavy atom. The lowest BCUT2D eigenvalue weighted by Gasteiger charge is -2.06. The average Bonchev–Trinajstić information content (AvgIpc) is 2.84. The van der Waals surface area contributed by atoms with Gasteiger partial charge in [0, 0.05) is 30.7 Å². The van der Waals surface area contributed by atoms with E-state index < -0.39 is 0 Å². The molecule has 2 aromatic rings. The minimum Gasteiger partial charge on any atom is -0.356 e. The second kappa shape index (κ2) is 7.24. The van der Waals surface area contributed by atoms with E-state index in [2.05, 4.69) is 32.4 Å². The van der Waals surface area contributed by atoms with Crippen molar-refractivity contribution >= 4 is 21.8 Å². The number of carbonyl (C=O) groups excluding carboxylic acids is 1. The lowest BCUT2D eigenvalue weighted by Crippen LogP contribution is -2.25. The molecule has 5 heteroatoms. The van der Waals surface area contributed by atoms with Crippen molar-refractivity contribution in [2.75, 3.05) is 6.54 Å². The van der Waals surface area contributed by atoms with E-state index in [1.165, 1.54) is 5.56 Å². The van der Waals surface area contributed by atoms with Gasteiger partial charge in [-0.1, -0.05) is 34.1 Å². The number of carbonyl (C=O) groups is 1. The fourth-order valence-electron chi connectivity index (χ4n) is 1.98. The fourth-order valence-corrected chi connectivity index (χ4v) is 2.47. The lowest BCUT2D eigenvalue weighted by atomic mass is 10.1. The molecule has 0 aliphatic carbocycles. The molecule has 1 heterocycles. The molecule has 0 fully saturated rings. The lowest BCUT2D eigenvalue weighted by molar-refractivity contribution is -0.121. The maximum absolute atomic E-state index is 11.7. The summed E-state index contributed by atoms with van der Waals surface area (Å²) in [6.07, 6.45) is 5.80. The molecule has 0 bridgehead atoms. The van der Waals surface area contributed by atoms with E-state index in [1.807, 2.05) is 31.4 Å². The first kappa shape index (κ1) is 14.8. The van der Waals surface area contributed by atoms with Crippen LogP contribution >= 0.6 is 15.9 Å². The van der Waals surface area contributed by atoms with Crippen molar-refractivity contribution in [3.05, 3.63) is 52.3 Å². The van der Waals surface area contributed by atoms with E-state index in [0.717, 1.165) is 22.9 Å². The largest absolute Gasteiger partial charge is 0.356 e. The van der Waals surface area contributed by atoms with E-state index in [4.69, 9.17) is 0 Å². The first-order chi connectivity index (χ1) is 9.65. The summed E-state index contributed by atoms with van der Waals surface area (Å²) in [5, 5.41) is 7.03. The number of nitrogens with zero attached hydrogens (tertiary/aromatic N) is 2. The van der Waals surface area contributed by atoms with Gasteiger partial charge in [-0.25, -0.2) is 0 Å². The molecule has 4 nitrogen and oxygen atoms in total. The summed E-state index contributed by atoms with van der Waals surface area (Å²) >= 11 is 3.51. The van der Waals surface area contributed by atoms with Crippen molar-refractivity contribution in [2.45, 2.75) is 19.3 Å². The Bertz CT molecular complexity index is 580. The smallest absolute Gasteiger partial charge is 0.220 e. The minimum atomic E-state index is 0.0842. The van der Waals surface area contributed by atoms with E-state index in [1.54, 1.807) is 10.9 Å². The van der Waals surface area contributed by atoms with E-state index in [0.29, 0.717) is 13.0 Å². The zero-order valence-corrected chi connectivity index (χ0v) is 13.1. The second-order valence-electron chi connectivity index (χ2n) is 4.71. The summed E-state index contributed by atoms with van der Waals surface area (Å²) in [7, 11) is 1.88. The Kier molecular flexibility index (Phi) is 5.35. The van der Waals surface area contributed by atoms with Crippen molar-refractivity contribution in [1.82, 2.24) is 15.1 Å². The minimum absolute atomic E-state index is 0.0842. The van der Waals surface area contributed by atoms with Crippen molar-refractivity contribution in [2.24, 2.45) is 7.05 Å². The third kappa shape index (κ3) is 4.49. The molecule has 1 N–H and O–H groups in total. The molecule has 0 unspecified atom stereocenters. The molecule has 0 saturated carbocycles. The Balaban J connectivity index is 1.69. The SMILES string of the molecule is Cn1cc(CCC(=O)NCCc2ccccc2Br)cn1. The van der Waals surface area contributed by atoms with Crippen LogP contribution in [-0.4, -0.2) is 22.2 Å². The van der Waals surface area contributed by atoms with Crippen molar-refractivity contribution in [3.63, 3.8) is 0 Å². The molecule has 1 aromatic heterocycles. The summed E-state index contributed by atoms with van der Waals surface area (Å²) in [6, 6.07) is 8.07. The van der Waals surface area contributed by atoms with Gasteiger partial charge >= 0.3 is 0 Å². The highest BCUT2D eigenvalue weighted by molar-refractivity contribution is 9.10. The van der Waals surface area contributed by atoms with E-state index >= 15 is 0 Å². The fraction of sp³-hybridized carbons (Fsp3) is 0.333. The number of benzene rings is 1. The topological polar surface area (TPSA) is 46.9 Å². The van der Waals surface area contributed by atoms with Gasteiger partial charge < -0.3 is 5.32 Å². The third-order valence-corrected chi connectivity index (χ3v) is 3.85. The Labute approximate surface area is 127 Å². The number of aromatic nitrogens is 2. The number of rotatable bonds is 6. The third-order valence-electron chi connectivity index (χ3n) is 3.07. The molecular weight excluding hydrogens is 318 g/mol. The highest BCUT2D eigenvalue weighted by Gasteiger charge is 2.04. The van der Waals surface area contributed by atoms with E-state index in [-0.39, 0.29) is 5.91 Å². The van der Waals surface area contributed by atoms with Gasteiger partial charge in [0.1, 0.15) is 0 Å². The summed E-state index contributed by atoms with van der Waals surface area (Å²) in [5.41, 5.74) is 2.30. The van der Waals surface area contributed by atoms with E-state index in [9.17, 15) is 4.79 Å². The van der Waals surface area contributed by atoms with Crippen molar-refractivity contribution < 1.29 is 4.79 Å². The predicted molar refractivity (Wildman–Crippen MR) is 82.4 cm³/mol. The zero-order chi connectivity index (χ0) is 14.4. The molecule has 1 aromatic carbocycles. The molecule has 0 aliphatic rings. The molecule has 20 heavy (non-hydrogen) atoms. The molecule has 2 rings (SSSR count). The first-order valence-electron chi connectivity index (χ1n) is 6.63. The van der Waals surface area contributed by atoms with Gasteiger partial charge in [-0.05, 0) is 30.0 Å². The maximum atomic E-state index is 11.7. The quantitative estimate of drug-likeness (QED) is 0.881. The molecule has 0 radical (unpaired) electrons. The van der Waals surface area contributed by atoms with Crippen LogP contribution < -0.4 is 5.32 Å². The monoisotopic (exact) mass is 335 g/mol. The van der Waals surface area contributed by atoms with Gasteiger partial charge in [0.2, 0.25) is 5.91 Å². The van der Waals surface area contributed by atoms with Gasteiger partial charge in [-0.2, -0.15) is 5.10 Å². The van der Waals surface area contributed by atoms with Crippen molar-refractivity contribution in [1.29, 1.82) is 0 Å². The van der Waals surface area contributed by atoms with Crippen LogP contribution in [0.4, 0.5) is 0 Å². The molecule has 0 atom stereocenters. The van der Waals surface area contributed by atoms with Crippen LogP contribution in [0.2, 0.25) is 0 Å². The van der Waals surface area contributed by atoms with Crippen LogP contribution in [0.3, 0.4) is 0 Å². The first-order valence-corrected chi connectivity index (χ1v) is 7.42. The van der Waals surface area contributed by atoms with Crippen molar-refractivity contribution in [3.8, 4) is 0 Å². The molecule has 106 valence electrons. The zero-order valence-electron chi connectivity index (χ0n) is 11.5. The average molecular weight is 336 g/mol. The Morgan fingerprint density at radius 1 is 1.35 bits per heavy atom. The van der Waals surface area contributed by atoms with Gasteiger partial charge in [0.05, 0.1) is 6.20 Å². The molecule has 0 saturated heterocycles. The molecular formula is C15H18BrN3O. The highest BCUT2D eigenvalue weighted by Crippen LogP contribution is 2.15. The number of aryl methyl sites for hydroxylation is 2.